The molecular formula is C11H11Cl3Ti. The molecule has 0 nitrogen and oxygen atoms in total. The smallest absolute Gasteiger partial charge is 1.00 e. The molecule has 80 valence electrons. The minimum atomic E-state index is 0. The van der Waals surface area contributed by atoms with E-state index in [1.165, 1.54) is 22.3 Å². The summed E-state index contributed by atoms with van der Waals surface area (Å²) in [4.78, 5) is 0. The summed E-state index contributed by atoms with van der Waals surface area (Å²) in [5.41, 5.74) is 5.72. The molecule has 0 aliphatic heterocycles. The fourth-order valence-corrected chi connectivity index (χ4v) is 2.32. The summed E-state index contributed by atoms with van der Waals surface area (Å²) in [6.07, 6.45) is 4.52. The zero-order chi connectivity index (χ0) is 8.72. The van der Waals surface area contributed by atoms with E-state index in [0.29, 0.717) is 4.22 Å². The van der Waals surface area contributed by atoms with E-state index >= 15 is 0 Å². The van der Waals surface area contributed by atoms with E-state index in [9.17, 15) is 0 Å². The molecule has 1 aliphatic carbocycles. The maximum atomic E-state index is 2.30. The second-order valence-electron chi connectivity index (χ2n) is 3.42. The van der Waals surface area contributed by atoms with Crippen molar-refractivity contribution < 1.29 is 57.7 Å². The molecule has 0 aromatic heterocycles. The average Bonchev–Trinajstić information content (AvgIpc) is 2.33. The Bertz CT molecular complexity index is 361. The van der Waals surface area contributed by atoms with Crippen LogP contribution in [0.15, 0.2) is 18.2 Å². The van der Waals surface area contributed by atoms with Crippen LogP contribution in [0.1, 0.15) is 26.5 Å². The van der Waals surface area contributed by atoms with E-state index in [2.05, 4.69) is 58.6 Å². The van der Waals surface area contributed by atoms with E-state index in [1.54, 1.807) is 0 Å². The van der Waals surface area contributed by atoms with Crippen LogP contribution in [0.2, 0.25) is 0 Å². The number of fused-ring (bicyclic) bond motifs is 1. The van der Waals surface area contributed by atoms with Crippen molar-refractivity contribution in [3.8, 4) is 0 Å². The minimum Gasteiger partial charge on any atom is -1.00 e. The third-order valence-electron chi connectivity index (χ3n) is 2.35. The van der Waals surface area contributed by atoms with Crippen LogP contribution in [0.5, 0.6) is 0 Å². The first-order valence-electron chi connectivity index (χ1n) is 4.19. The number of benzene rings is 1. The molecule has 0 saturated carbocycles. The summed E-state index contributed by atoms with van der Waals surface area (Å²) >= 11 is 2.25. The third-order valence-corrected chi connectivity index (χ3v) is 3.14. The average molecular weight is 297 g/mol. The summed E-state index contributed by atoms with van der Waals surface area (Å²) in [6.45, 7) is 4.35. The number of hydrogen-bond donors (Lipinski definition) is 0. The Morgan fingerprint density at radius 2 is 1.67 bits per heavy atom. The van der Waals surface area contributed by atoms with Crippen LogP contribution >= 0.6 is 0 Å². The molecule has 4 heteroatoms. The van der Waals surface area contributed by atoms with Gasteiger partial charge < -0.3 is 37.2 Å². The number of aryl methyl sites for hydroxylation is 2. The molecule has 0 amide bonds. The summed E-state index contributed by atoms with van der Waals surface area (Å²) in [5, 5.41) is 0. The van der Waals surface area contributed by atoms with E-state index in [4.69, 9.17) is 0 Å². The van der Waals surface area contributed by atoms with Crippen molar-refractivity contribution in [3.05, 3.63) is 40.5 Å². The second-order valence-corrected chi connectivity index (χ2v) is 4.39. The topological polar surface area (TPSA) is 0 Å². The van der Waals surface area contributed by atoms with Gasteiger partial charge >= 0.3 is 85.0 Å². The number of rotatable bonds is 0. The van der Waals surface area contributed by atoms with Gasteiger partial charge in [-0.1, -0.05) is 0 Å². The predicted molar refractivity (Wildman–Crippen MR) is 47.7 cm³/mol. The fourth-order valence-electron chi connectivity index (χ4n) is 1.79. The molecule has 0 bridgehead atoms. The van der Waals surface area contributed by atoms with Crippen molar-refractivity contribution in [1.82, 2.24) is 0 Å². The van der Waals surface area contributed by atoms with Gasteiger partial charge in [0.2, 0.25) is 0 Å². The molecule has 15 heavy (non-hydrogen) atoms. The van der Waals surface area contributed by atoms with E-state index < -0.39 is 0 Å². The molecule has 0 fully saturated rings. The van der Waals surface area contributed by atoms with Gasteiger partial charge in [-0.15, -0.1) is 0 Å². The molecule has 1 aromatic carbocycles. The van der Waals surface area contributed by atoms with Gasteiger partial charge in [-0.3, -0.25) is 0 Å². The van der Waals surface area contributed by atoms with Crippen molar-refractivity contribution in [1.29, 1.82) is 0 Å². The van der Waals surface area contributed by atoms with E-state index in [-0.39, 0.29) is 37.2 Å². The van der Waals surface area contributed by atoms with Gasteiger partial charge in [-0.2, -0.15) is 0 Å². The van der Waals surface area contributed by atoms with Gasteiger partial charge in [-0.25, -0.2) is 0 Å². The molecule has 1 unspecified atom stereocenters. The number of hydrogen-bond acceptors (Lipinski definition) is 0. The molecule has 0 radical (unpaired) electrons. The maximum absolute atomic E-state index is 2.30. The van der Waals surface area contributed by atoms with Crippen molar-refractivity contribution in [2.45, 2.75) is 18.1 Å². The first kappa shape index (κ1) is 17.9. The van der Waals surface area contributed by atoms with Crippen LogP contribution < -0.4 is 37.2 Å². The first-order chi connectivity index (χ1) is 5.68. The molecule has 0 saturated heterocycles. The number of allylic oxidation sites excluding steroid dienone is 1. The van der Waals surface area contributed by atoms with Gasteiger partial charge in [0.05, 0.1) is 0 Å². The van der Waals surface area contributed by atoms with E-state index in [1.807, 2.05) is 0 Å². The zero-order valence-electron chi connectivity index (χ0n) is 8.52. The van der Waals surface area contributed by atoms with Crippen LogP contribution in [0.25, 0.3) is 6.08 Å². The molecule has 0 heterocycles. The van der Waals surface area contributed by atoms with Gasteiger partial charge in [-0.05, 0) is 0 Å². The van der Waals surface area contributed by atoms with Crippen LogP contribution in [-0.2, 0) is 20.4 Å². The molecule has 2 rings (SSSR count). The largest absolute Gasteiger partial charge is 1.00 e. The standard InChI is InChI=1S/C11H11.3ClH.Ti/c1-8-6-9(2)11-5-3-4-10(11)7-8;;;;/h3-7H,1-2H3;3*1H;/q;;;;+3/p-3. The normalized spacial score (nSPS) is 15.9. The zero-order valence-corrected chi connectivity index (χ0v) is 12.3. The SMILES string of the molecule is Cc1cc(C)c2c(c1)[CH]([Ti+3])C=C2.[Cl-].[Cl-].[Cl-]. The van der Waals surface area contributed by atoms with Crippen LogP contribution in [0.3, 0.4) is 0 Å². The minimum absolute atomic E-state index is 0. The molecule has 1 aliphatic rings. The van der Waals surface area contributed by atoms with E-state index in [0.717, 1.165) is 0 Å². The molecule has 0 N–H and O–H groups in total. The van der Waals surface area contributed by atoms with Crippen LogP contribution in [0, 0.1) is 13.8 Å². The first-order valence-corrected chi connectivity index (χ1v) is 5.09. The molecule has 1 atom stereocenters. The quantitative estimate of drug-likeness (QED) is 0.418. The Morgan fingerprint density at radius 3 is 2.27 bits per heavy atom. The molecule has 0 spiro atoms. The fraction of sp³-hybridized carbons (Fsp3) is 0.273. The van der Waals surface area contributed by atoms with Gasteiger partial charge in [0, 0.05) is 0 Å². The third kappa shape index (κ3) is 3.51. The van der Waals surface area contributed by atoms with Crippen molar-refractivity contribution in [2.75, 3.05) is 0 Å². The van der Waals surface area contributed by atoms with Crippen molar-refractivity contribution in [2.24, 2.45) is 0 Å². The van der Waals surface area contributed by atoms with Crippen molar-refractivity contribution >= 4 is 6.08 Å². The second kappa shape index (κ2) is 6.98. The van der Waals surface area contributed by atoms with Crippen LogP contribution in [0.4, 0.5) is 0 Å². The Labute approximate surface area is 122 Å². The number of halogens is 3. The summed E-state index contributed by atoms with van der Waals surface area (Å²) < 4.78 is 0.610. The Hall–Kier alpha value is 0.544. The Morgan fingerprint density at radius 1 is 1.07 bits per heavy atom. The molecular weight excluding hydrogens is 286 g/mol. The molecule has 1 aromatic rings. The Balaban J connectivity index is 0. The summed E-state index contributed by atoms with van der Waals surface area (Å²) in [7, 11) is 0. The van der Waals surface area contributed by atoms with Crippen molar-refractivity contribution in [3.63, 3.8) is 0 Å². The van der Waals surface area contributed by atoms with Crippen LogP contribution in [-0.4, -0.2) is 0 Å². The predicted octanol–water partition coefficient (Wildman–Crippen LogP) is -6.07. The summed E-state index contributed by atoms with van der Waals surface area (Å²) in [6, 6.07) is 4.55. The monoisotopic (exact) mass is 296 g/mol. The Kier molecular flexibility index (Phi) is 8.35. The van der Waals surface area contributed by atoms with Gasteiger partial charge in [0.1, 0.15) is 0 Å². The van der Waals surface area contributed by atoms with Gasteiger partial charge in [0.15, 0.2) is 0 Å². The maximum Gasteiger partial charge on any atom is -1.00 e. The summed E-state index contributed by atoms with van der Waals surface area (Å²) in [5.74, 6) is 0. The van der Waals surface area contributed by atoms with Gasteiger partial charge in [0.25, 0.3) is 0 Å².